The molecule has 0 aliphatic heterocycles. The second-order valence-electron chi connectivity index (χ2n) is 2.75. The van der Waals surface area contributed by atoms with Crippen LogP contribution in [0, 0.1) is 13.8 Å². The highest BCUT2D eigenvalue weighted by Crippen LogP contribution is 2.03. The van der Waals surface area contributed by atoms with E-state index >= 15 is 0 Å². The third-order valence-electron chi connectivity index (χ3n) is 1.51. The average molecular weight is 221 g/mol. The van der Waals surface area contributed by atoms with Crippen LogP contribution in [0.1, 0.15) is 24.3 Å². The summed E-state index contributed by atoms with van der Waals surface area (Å²) in [6.45, 7) is 8.15. The quantitative estimate of drug-likeness (QED) is 0.639. The third kappa shape index (κ3) is 7.89. The second kappa shape index (κ2) is 9.41. The molecule has 0 fully saturated rings. The molecular formula is C13H19NS. The molecule has 2 aromatic rings. The van der Waals surface area contributed by atoms with Crippen LogP contribution >= 0.6 is 11.3 Å². The fourth-order valence-corrected chi connectivity index (χ4v) is 1.32. The molecule has 0 saturated carbocycles. The number of nitrogens with zero attached hydrogens (tertiary/aromatic N) is 1. The van der Waals surface area contributed by atoms with Crippen molar-refractivity contribution in [3.8, 4) is 0 Å². The van der Waals surface area contributed by atoms with Crippen molar-refractivity contribution in [3.63, 3.8) is 0 Å². The summed E-state index contributed by atoms with van der Waals surface area (Å²) in [5.41, 5.74) is 1.26. The minimum Gasteiger partial charge on any atom is -0.265 e. The molecule has 0 aromatic carbocycles. The largest absolute Gasteiger partial charge is 0.265 e. The first-order chi connectivity index (χ1) is 7.29. The molecule has 0 bridgehead atoms. The highest BCUT2D eigenvalue weighted by atomic mass is 32.1. The van der Waals surface area contributed by atoms with Crippen LogP contribution in [0.15, 0.2) is 42.0 Å². The van der Waals surface area contributed by atoms with Crippen LogP contribution in [0.2, 0.25) is 0 Å². The smallest absolute Gasteiger partial charge is 0.0270 e. The van der Waals surface area contributed by atoms with Crippen LogP contribution in [-0.2, 0) is 0 Å². The van der Waals surface area contributed by atoms with E-state index in [-0.39, 0.29) is 0 Å². The molecule has 0 saturated heterocycles. The molecule has 0 atom stereocenters. The number of hydrogen-bond donors (Lipinski definition) is 0. The Bertz CT molecular complexity index is 314. The molecule has 2 heterocycles. The zero-order valence-electron chi connectivity index (χ0n) is 9.90. The van der Waals surface area contributed by atoms with Crippen molar-refractivity contribution in [2.45, 2.75) is 27.7 Å². The topological polar surface area (TPSA) is 12.9 Å². The molecule has 2 heteroatoms. The fourth-order valence-electron chi connectivity index (χ4n) is 0.787. The Hall–Kier alpha value is -1.15. The Morgan fingerprint density at radius 2 is 1.60 bits per heavy atom. The normalized spacial score (nSPS) is 8.00. The molecule has 2 rings (SSSR count). The van der Waals surface area contributed by atoms with E-state index in [4.69, 9.17) is 0 Å². The Morgan fingerprint density at radius 1 is 1.00 bits per heavy atom. The van der Waals surface area contributed by atoms with Gasteiger partial charge in [-0.05, 0) is 43.0 Å². The summed E-state index contributed by atoms with van der Waals surface area (Å²) >= 11 is 1.78. The van der Waals surface area contributed by atoms with Crippen LogP contribution in [0.5, 0.6) is 0 Å². The average Bonchev–Trinajstić information content (AvgIpc) is 2.74. The lowest BCUT2D eigenvalue weighted by Gasteiger charge is -1.82. The summed E-state index contributed by atoms with van der Waals surface area (Å²) in [4.78, 5) is 5.23. The van der Waals surface area contributed by atoms with E-state index in [1.54, 1.807) is 23.7 Å². The fraction of sp³-hybridized carbons (Fsp3) is 0.308. The van der Waals surface area contributed by atoms with Gasteiger partial charge in [0.15, 0.2) is 0 Å². The third-order valence-corrected chi connectivity index (χ3v) is 2.31. The highest BCUT2D eigenvalue weighted by Gasteiger charge is 1.74. The molecule has 0 unspecified atom stereocenters. The maximum absolute atomic E-state index is 3.85. The van der Waals surface area contributed by atoms with E-state index in [2.05, 4.69) is 29.4 Å². The predicted molar refractivity (Wildman–Crippen MR) is 69.4 cm³/mol. The summed E-state index contributed by atoms with van der Waals surface area (Å²) < 4.78 is 0. The van der Waals surface area contributed by atoms with Crippen LogP contribution in [0.3, 0.4) is 0 Å². The van der Waals surface area contributed by atoms with Crippen LogP contribution in [-0.4, -0.2) is 4.98 Å². The van der Waals surface area contributed by atoms with Crippen molar-refractivity contribution in [2.75, 3.05) is 0 Å². The zero-order valence-corrected chi connectivity index (χ0v) is 10.7. The molecule has 82 valence electrons. The van der Waals surface area contributed by atoms with E-state index in [9.17, 15) is 0 Å². The molecule has 0 aliphatic rings. The lowest BCUT2D eigenvalue weighted by molar-refractivity contribution is 1.29. The molecular weight excluding hydrogens is 202 g/mol. The molecule has 0 radical (unpaired) electrons. The Balaban J connectivity index is 0.000000227. The first-order valence-electron chi connectivity index (χ1n) is 5.16. The SMILES string of the molecule is CC.Cc1cccs1.Cc1ccncc1. The van der Waals surface area contributed by atoms with Gasteiger partial charge in [-0.1, -0.05) is 19.9 Å². The van der Waals surface area contributed by atoms with Crippen molar-refractivity contribution >= 4 is 11.3 Å². The van der Waals surface area contributed by atoms with Gasteiger partial charge < -0.3 is 0 Å². The molecule has 1 nitrogen and oxygen atoms in total. The molecule has 0 N–H and O–H groups in total. The van der Waals surface area contributed by atoms with Gasteiger partial charge in [-0.15, -0.1) is 11.3 Å². The van der Waals surface area contributed by atoms with Gasteiger partial charge >= 0.3 is 0 Å². The van der Waals surface area contributed by atoms with Gasteiger partial charge in [-0.2, -0.15) is 0 Å². The van der Waals surface area contributed by atoms with Gasteiger partial charge in [0.1, 0.15) is 0 Å². The number of aromatic nitrogens is 1. The molecule has 0 amide bonds. The van der Waals surface area contributed by atoms with E-state index in [0.717, 1.165) is 0 Å². The van der Waals surface area contributed by atoms with E-state index in [0.29, 0.717) is 0 Å². The monoisotopic (exact) mass is 221 g/mol. The van der Waals surface area contributed by atoms with Crippen LogP contribution < -0.4 is 0 Å². The van der Waals surface area contributed by atoms with Crippen LogP contribution in [0.25, 0.3) is 0 Å². The summed E-state index contributed by atoms with van der Waals surface area (Å²) in [6, 6.07) is 8.10. The maximum Gasteiger partial charge on any atom is 0.0270 e. The van der Waals surface area contributed by atoms with Crippen molar-refractivity contribution in [3.05, 3.63) is 52.5 Å². The number of thiophene rings is 1. The maximum atomic E-state index is 3.85. The highest BCUT2D eigenvalue weighted by molar-refractivity contribution is 7.09. The Morgan fingerprint density at radius 3 is 1.80 bits per heavy atom. The Labute approximate surface area is 96.8 Å². The van der Waals surface area contributed by atoms with E-state index in [1.165, 1.54) is 10.4 Å². The standard InChI is InChI=1S/C6H7N.C5H6S.C2H6/c1-6-2-4-7-5-3-6;1-5-3-2-4-6-5;1-2/h2-5H,1H3;2-4H,1H3;1-2H3. The van der Waals surface area contributed by atoms with Gasteiger partial charge in [0.25, 0.3) is 0 Å². The summed E-state index contributed by atoms with van der Waals surface area (Å²) in [6.07, 6.45) is 3.57. The summed E-state index contributed by atoms with van der Waals surface area (Å²) in [5, 5.41) is 2.08. The van der Waals surface area contributed by atoms with Crippen molar-refractivity contribution < 1.29 is 0 Å². The zero-order chi connectivity index (χ0) is 11.5. The van der Waals surface area contributed by atoms with Crippen molar-refractivity contribution in [2.24, 2.45) is 0 Å². The molecule has 15 heavy (non-hydrogen) atoms. The summed E-state index contributed by atoms with van der Waals surface area (Å²) in [5.74, 6) is 0. The lowest BCUT2D eigenvalue weighted by Crippen LogP contribution is -1.68. The van der Waals surface area contributed by atoms with Gasteiger partial charge in [-0.3, -0.25) is 4.98 Å². The Kier molecular flexibility index (Phi) is 8.69. The predicted octanol–water partition coefficient (Wildman–Crippen LogP) is 4.47. The van der Waals surface area contributed by atoms with Gasteiger partial charge in [-0.25, -0.2) is 0 Å². The summed E-state index contributed by atoms with van der Waals surface area (Å²) in [7, 11) is 0. The molecule has 0 spiro atoms. The minimum atomic E-state index is 1.26. The van der Waals surface area contributed by atoms with Gasteiger partial charge in [0.2, 0.25) is 0 Å². The number of hydrogen-bond acceptors (Lipinski definition) is 2. The number of rotatable bonds is 0. The first kappa shape index (κ1) is 13.8. The van der Waals surface area contributed by atoms with Crippen LogP contribution in [0.4, 0.5) is 0 Å². The van der Waals surface area contributed by atoms with E-state index < -0.39 is 0 Å². The second-order valence-corrected chi connectivity index (χ2v) is 3.90. The van der Waals surface area contributed by atoms with Gasteiger partial charge in [0.05, 0.1) is 0 Å². The van der Waals surface area contributed by atoms with Crippen molar-refractivity contribution in [1.82, 2.24) is 4.98 Å². The number of aryl methyl sites for hydroxylation is 2. The lowest BCUT2D eigenvalue weighted by atomic mass is 10.3. The van der Waals surface area contributed by atoms with Gasteiger partial charge in [0, 0.05) is 17.3 Å². The number of pyridine rings is 1. The first-order valence-corrected chi connectivity index (χ1v) is 6.04. The molecule has 2 aromatic heterocycles. The minimum absolute atomic E-state index is 1.26. The molecule has 0 aliphatic carbocycles. The van der Waals surface area contributed by atoms with Crippen molar-refractivity contribution in [1.29, 1.82) is 0 Å². The van der Waals surface area contributed by atoms with E-state index in [1.807, 2.05) is 32.9 Å².